The molecule has 28 heavy (non-hydrogen) atoms. The number of carbonyl (C=O) groups is 1. The molecule has 0 unspecified atom stereocenters. The molecule has 0 atom stereocenters. The van der Waals surface area contributed by atoms with E-state index in [1.165, 1.54) is 5.56 Å². The smallest absolute Gasteiger partial charge is 0.231 e. The predicted molar refractivity (Wildman–Crippen MR) is 111 cm³/mol. The Hall–Kier alpha value is -2.75. The van der Waals surface area contributed by atoms with E-state index >= 15 is 0 Å². The lowest BCUT2D eigenvalue weighted by Crippen LogP contribution is -1.98. The predicted octanol–water partition coefficient (Wildman–Crippen LogP) is 6.50. The molecule has 3 aromatic rings. The Morgan fingerprint density at radius 2 is 1.86 bits per heavy atom. The number of rotatable bonds is 4. The monoisotopic (exact) mass is 410 g/mol. The first-order valence-electron chi connectivity index (χ1n) is 8.72. The molecule has 0 bridgehead atoms. The first kappa shape index (κ1) is 18.6. The highest BCUT2D eigenvalue weighted by Gasteiger charge is 2.28. The normalized spacial score (nSPS) is 14.1. The van der Waals surface area contributed by atoms with Gasteiger partial charge in [-0.25, -0.2) is 0 Å². The summed E-state index contributed by atoms with van der Waals surface area (Å²) in [5, 5.41) is 0.985. The van der Waals surface area contributed by atoms with Gasteiger partial charge in [0.05, 0.1) is 5.56 Å². The third kappa shape index (κ3) is 3.77. The summed E-state index contributed by atoms with van der Waals surface area (Å²) in [4.78, 5) is 12.6. The number of carbonyl (C=O) groups excluding carboxylic acids is 1. The van der Waals surface area contributed by atoms with Crippen LogP contribution in [0.1, 0.15) is 27.0 Å². The van der Waals surface area contributed by atoms with Gasteiger partial charge in [-0.1, -0.05) is 53.5 Å². The van der Waals surface area contributed by atoms with Crippen molar-refractivity contribution in [2.24, 2.45) is 0 Å². The Bertz CT molecular complexity index is 1100. The van der Waals surface area contributed by atoms with Gasteiger partial charge in [-0.3, -0.25) is 4.79 Å². The van der Waals surface area contributed by atoms with Crippen molar-refractivity contribution in [2.45, 2.75) is 13.5 Å². The molecule has 0 spiro atoms. The molecule has 0 aromatic heterocycles. The van der Waals surface area contributed by atoms with Crippen molar-refractivity contribution in [3.05, 3.63) is 98.7 Å². The Morgan fingerprint density at radius 3 is 2.64 bits per heavy atom. The average Bonchev–Trinajstić information content (AvgIpc) is 2.98. The highest BCUT2D eigenvalue weighted by Crippen LogP contribution is 2.36. The minimum Gasteiger partial charge on any atom is -0.489 e. The molecule has 3 aromatic carbocycles. The first-order chi connectivity index (χ1) is 13.5. The summed E-state index contributed by atoms with van der Waals surface area (Å²) in [5.41, 5.74) is 3.44. The Labute approximate surface area is 173 Å². The number of allylic oxidation sites excluding steroid dienone is 1. The van der Waals surface area contributed by atoms with E-state index in [0.717, 1.165) is 5.56 Å². The molecular weight excluding hydrogens is 395 g/mol. The van der Waals surface area contributed by atoms with Crippen molar-refractivity contribution in [3.63, 3.8) is 0 Å². The second-order valence-corrected chi connectivity index (χ2v) is 7.32. The Morgan fingerprint density at radius 1 is 1.04 bits per heavy atom. The van der Waals surface area contributed by atoms with Gasteiger partial charge in [-0.05, 0) is 54.0 Å². The number of hydrogen-bond acceptors (Lipinski definition) is 3. The third-order valence-corrected chi connectivity index (χ3v) is 5.11. The van der Waals surface area contributed by atoms with E-state index in [-0.39, 0.29) is 11.5 Å². The standard InChI is InChI=1S/C23H16Cl2O3/c1-14-4-2-3-5-16(14)13-27-18-8-9-19-21(12-18)28-22(23(19)26)10-15-6-7-17(24)11-20(15)25/h2-12H,13H2,1H3/b22-10-. The van der Waals surface area contributed by atoms with Crippen molar-refractivity contribution in [3.8, 4) is 11.5 Å². The fraction of sp³-hybridized carbons (Fsp3) is 0.0870. The summed E-state index contributed by atoms with van der Waals surface area (Å²) >= 11 is 12.1. The summed E-state index contributed by atoms with van der Waals surface area (Å²) < 4.78 is 11.6. The van der Waals surface area contributed by atoms with Gasteiger partial charge in [0, 0.05) is 16.1 Å². The second-order valence-electron chi connectivity index (χ2n) is 6.48. The van der Waals surface area contributed by atoms with E-state index < -0.39 is 0 Å². The summed E-state index contributed by atoms with van der Waals surface area (Å²) in [6, 6.07) is 18.4. The minimum absolute atomic E-state index is 0.188. The van der Waals surface area contributed by atoms with E-state index in [2.05, 4.69) is 0 Å². The number of ketones is 1. The fourth-order valence-corrected chi connectivity index (χ4v) is 3.41. The fourth-order valence-electron chi connectivity index (χ4n) is 2.95. The van der Waals surface area contributed by atoms with Crippen LogP contribution in [0.15, 0.2) is 66.4 Å². The van der Waals surface area contributed by atoms with Crippen molar-refractivity contribution in [2.75, 3.05) is 0 Å². The van der Waals surface area contributed by atoms with Gasteiger partial charge < -0.3 is 9.47 Å². The zero-order chi connectivity index (χ0) is 19.7. The maximum Gasteiger partial charge on any atom is 0.231 e. The highest BCUT2D eigenvalue weighted by atomic mass is 35.5. The zero-order valence-corrected chi connectivity index (χ0v) is 16.6. The number of aryl methyl sites for hydroxylation is 1. The summed E-state index contributed by atoms with van der Waals surface area (Å²) in [6.07, 6.45) is 1.62. The number of halogens is 2. The van der Waals surface area contributed by atoms with E-state index in [4.69, 9.17) is 32.7 Å². The van der Waals surface area contributed by atoms with Crippen molar-refractivity contribution in [1.82, 2.24) is 0 Å². The molecule has 4 rings (SSSR count). The van der Waals surface area contributed by atoms with Crippen LogP contribution in [-0.2, 0) is 6.61 Å². The van der Waals surface area contributed by atoms with Crippen molar-refractivity contribution >= 4 is 35.1 Å². The molecule has 3 nitrogen and oxygen atoms in total. The molecule has 1 heterocycles. The molecular formula is C23H16Cl2O3. The van der Waals surface area contributed by atoms with Crippen LogP contribution in [0.4, 0.5) is 0 Å². The molecule has 1 aliphatic heterocycles. The molecule has 0 amide bonds. The molecule has 140 valence electrons. The van der Waals surface area contributed by atoms with Crippen LogP contribution < -0.4 is 9.47 Å². The van der Waals surface area contributed by atoms with E-state index in [0.29, 0.717) is 39.3 Å². The summed E-state index contributed by atoms with van der Waals surface area (Å²) in [5.74, 6) is 1.14. The van der Waals surface area contributed by atoms with Gasteiger partial charge in [-0.2, -0.15) is 0 Å². The van der Waals surface area contributed by atoms with Crippen LogP contribution in [-0.4, -0.2) is 5.78 Å². The van der Waals surface area contributed by atoms with E-state index in [1.807, 2.05) is 31.2 Å². The number of hydrogen-bond donors (Lipinski definition) is 0. The molecule has 0 saturated carbocycles. The maximum absolute atomic E-state index is 12.6. The largest absolute Gasteiger partial charge is 0.489 e. The quantitative estimate of drug-likeness (QED) is 0.460. The van der Waals surface area contributed by atoms with Gasteiger partial charge in [0.2, 0.25) is 5.78 Å². The Kier molecular flexibility index (Phi) is 5.12. The zero-order valence-electron chi connectivity index (χ0n) is 15.0. The van der Waals surface area contributed by atoms with Crippen molar-refractivity contribution in [1.29, 1.82) is 0 Å². The molecule has 1 aliphatic rings. The minimum atomic E-state index is -0.188. The van der Waals surface area contributed by atoms with Crippen LogP contribution in [0, 0.1) is 6.92 Å². The average molecular weight is 411 g/mol. The van der Waals surface area contributed by atoms with Crippen LogP contribution in [0.2, 0.25) is 10.0 Å². The van der Waals surface area contributed by atoms with Crippen LogP contribution in [0.3, 0.4) is 0 Å². The lowest BCUT2D eigenvalue weighted by Gasteiger charge is -2.09. The number of Topliss-reactive ketones (excluding diaryl/α,β-unsaturated/α-hetero) is 1. The highest BCUT2D eigenvalue weighted by molar-refractivity contribution is 6.35. The molecule has 5 heteroatoms. The molecule has 0 N–H and O–H groups in total. The number of benzene rings is 3. The van der Waals surface area contributed by atoms with Gasteiger partial charge >= 0.3 is 0 Å². The lowest BCUT2D eigenvalue weighted by atomic mass is 10.1. The van der Waals surface area contributed by atoms with Gasteiger partial charge in [0.25, 0.3) is 0 Å². The van der Waals surface area contributed by atoms with Gasteiger partial charge in [0.15, 0.2) is 5.76 Å². The summed E-state index contributed by atoms with van der Waals surface area (Å²) in [6.45, 7) is 2.49. The van der Waals surface area contributed by atoms with E-state index in [1.54, 1.807) is 42.5 Å². The first-order valence-corrected chi connectivity index (χ1v) is 9.47. The molecule has 0 saturated heterocycles. The molecule has 0 fully saturated rings. The van der Waals surface area contributed by atoms with Gasteiger partial charge in [-0.15, -0.1) is 0 Å². The summed E-state index contributed by atoms with van der Waals surface area (Å²) in [7, 11) is 0. The van der Waals surface area contributed by atoms with Crippen LogP contribution in [0.25, 0.3) is 6.08 Å². The number of fused-ring (bicyclic) bond motifs is 1. The molecule has 0 aliphatic carbocycles. The maximum atomic E-state index is 12.6. The van der Waals surface area contributed by atoms with Crippen molar-refractivity contribution < 1.29 is 14.3 Å². The Balaban J connectivity index is 1.54. The topological polar surface area (TPSA) is 35.5 Å². The van der Waals surface area contributed by atoms with Crippen LogP contribution >= 0.6 is 23.2 Å². The number of ether oxygens (including phenoxy) is 2. The van der Waals surface area contributed by atoms with E-state index in [9.17, 15) is 4.79 Å². The SMILES string of the molecule is Cc1ccccc1COc1ccc2c(c1)O/C(=C\c1ccc(Cl)cc1Cl)C2=O. The van der Waals surface area contributed by atoms with Gasteiger partial charge in [0.1, 0.15) is 18.1 Å². The third-order valence-electron chi connectivity index (χ3n) is 4.55. The second kappa shape index (κ2) is 7.70. The van der Waals surface area contributed by atoms with Crippen LogP contribution in [0.5, 0.6) is 11.5 Å². The lowest BCUT2D eigenvalue weighted by molar-refractivity contribution is 0.101. The molecule has 0 radical (unpaired) electrons.